The zero-order valence-electron chi connectivity index (χ0n) is 21.0. The van der Waals surface area contributed by atoms with Gasteiger partial charge in [-0.2, -0.15) is 14.6 Å². The van der Waals surface area contributed by atoms with Gasteiger partial charge in [0.05, 0.1) is 12.2 Å². The fourth-order valence-electron chi connectivity index (χ4n) is 5.04. The monoisotopic (exact) mass is 510 g/mol. The molecule has 2 saturated carbocycles. The van der Waals surface area contributed by atoms with Gasteiger partial charge in [0.25, 0.3) is 17.4 Å². The van der Waals surface area contributed by atoms with Crippen molar-refractivity contribution in [1.29, 1.82) is 0 Å². The van der Waals surface area contributed by atoms with E-state index in [1.54, 1.807) is 23.9 Å². The van der Waals surface area contributed by atoms with Gasteiger partial charge >= 0.3 is 0 Å². The second-order valence-electron chi connectivity index (χ2n) is 10.3. The number of anilines is 1. The lowest BCUT2D eigenvalue weighted by Gasteiger charge is -2.27. The highest BCUT2D eigenvalue weighted by Gasteiger charge is 2.48. The van der Waals surface area contributed by atoms with E-state index in [-0.39, 0.29) is 23.6 Å². The molecule has 3 heterocycles. The van der Waals surface area contributed by atoms with Crippen LogP contribution < -0.4 is 16.2 Å². The van der Waals surface area contributed by atoms with E-state index in [0.29, 0.717) is 23.1 Å². The first-order valence-corrected chi connectivity index (χ1v) is 12.7. The largest absolute Gasteiger partial charge is 0.339 e. The summed E-state index contributed by atoms with van der Waals surface area (Å²) in [6.07, 6.45) is 8.38. The van der Waals surface area contributed by atoms with Gasteiger partial charge in [-0.1, -0.05) is 0 Å². The maximum Gasteiger partial charge on any atom is 0.270 e. The summed E-state index contributed by atoms with van der Waals surface area (Å²) in [5, 5.41) is 19.7. The number of nitrogens with zero attached hydrogens (tertiary/aromatic N) is 5. The van der Waals surface area contributed by atoms with Crippen LogP contribution in [-0.2, 0) is 4.79 Å². The normalized spacial score (nSPS) is 17.1. The van der Waals surface area contributed by atoms with Crippen LogP contribution in [0.25, 0.3) is 0 Å². The third-order valence-electron chi connectivity index (χ3n) is 7.23. The molecule has 11 nitrogen and oxygen atoms in total. The minimum atomic E-state index is -0.872. The molecule has 0 aliphatic heterocycles. The second-order valence-corrected chi connectivity index (χ2v) is 10.3. The highest BCUT2D eigenvalue weighted by molar-refractivity contribution is 6.00. The molecule has 5 rings (SSSR count). The van der Waals surface area contributed by atoms with Crippen LogP contribution >= 0.6 is 0 Å². The summed E-state index contributed by atoms with van der Waals surface area (Å²) in [7, 11) is 0. The summed E-state index contributed by atoms with van der Waals surface area (Å²) in [5.74, 6) is -1.07. The maximum absolute atomic E-state index is 14.8. The Kier molecular flexibility index (Phi) is 6.65. The summed E-state index contributed by atoms with van der Waals surface area (Å²) in [4.78, 5) is 38.9. The average molecular weight is 511 g/mol. The maximum atomic E-state index is 14.8. The first-order chi connectivity index (χ1) is 17.7. The molecule has 0 aromatic carbocycles. The molecule has 2 amide bonds. The minimum Gasteiger partial charge on any atom is -0.339 e. The molecule has 0 bridgehead atoms. The van der Waals surface area contributed by atoms with Crippen LogP contribution in [0.3, 0.4) is 0 Å². The summed E-state index contributed by atoms with van der Waals surface area (Å²) in [6, 6.07) is 1.71. The van der Waals surface area contributed by atoms with Crippen molar-refractivity contribution in [3.63, 3.8) is 0 Å². The first kappa shape index (κ1) is 24.8. The van der Waals surface area contributed by atoms with Gasteiger partial charge in [0.1, 0.15) is 17.4 Å². The highest BCUT2D eigenvalue weighted by Crippen LogP contribution is 2.51. The molecule has 2 fully saturated rings. The summed E-state index contributed by atoms with van der Waals surface area (Å²) >= 11 is 0. The molecule has 12 heteroatoms. The van der Waals surface area contributed by atoms with Crippen LogP contribution in [0.1, 0.15) is 74.6 Å². The number of amides is 2. The van der Waals surface area contributed by atoms with Crippen LogP contribution in [0.2, 0.25) is 0 Å². The topological polar surface area (TPSA) is 140 Å². The lowest BCUT2D eigenvalue weighted by molar-refractivity contribution is -0.119. The number of carbonyl (C=O) groups is 2. The highest BCUT2D eigenvalue weighted by atomic mass is 19.1. The van der Waals surface area contributed by atoms with Crippen LogP contribution in [-0.4, -0.2) is 47.6 Å². The van der Waals surface area contributed by atoms with Gasteiger partial charge in [-0.3, -0.25) is 23.7 Å². The fraction of sp³-hybridized carbons (Fsp3) is 0.520. The number of H-pyrrole nitrogens is 1. The van der Waals surface area contributed by atoms with E-state index in [4.69, 9.17) is 0 Å². The molecular formula is C25H31FN8O3. The summed E-state index contributed by atoms with van der Waals surface area (Å²) < 4.78 is 17.7. The lowest BCUT2D eigenvalue weighted by Crippen LogP contribution is -2.50. The first-order valence-electron chi connectivity index (χ1n) is 12.7. The van der Waals surface area contributed by atoms with Crippen molar-refractivity contribution in [2.75, 3.05) is 5.32 Å². The van der Waals surface area contributed by atoms with Crippen LogP contribution in [0.5, 0.6) is 0 Å². The Morgan fingerprint density at radius 3 is 2.43 bits per heavy atom. The number of hydrogen-bond donors (Lipinski definition) is 3. The number of hydrogen-bond acceptors (Lipinski definition) is 6. The molecular weight excluding hydrogens is 479 g/mol. The van der Waals surface area contributed by atoms with Crippen molar-refractivity contribution in [1.82, 2.24) is 35.1 Å². The van der Waals surface area contributed by atoms with Gasteiger partial charge in [-0.25, -0.2) is 5.10 Å². The van der Waals surface area contributed by atoms with E-state index in [1.165, 1.54) is 23.1 Å². The van der Waals surface area contributed by atoms with E-state index < -0.39 is 29.5 Å². The molecule has 0 radical (unpaired) electrons. The smallest absolute Gasteiger partial charge is 0.270 e. The minimum absolute atomic E-state index is 0.0215. The Balaban J connectivity index is 1.39. The van der Waals surface area contributed by atoms with Crippen molar-refractivity contribution in [3.05, 3.63) is 58.3 Å². The van der Waals surface area contributed by atoms with Crippen molar-refractivity contribution in [2.45, 2.75) is 64.6 Å². The predicted octanol–water partition coefficient (Wildman–Crippen LogP) is 2.67. The van der Waals surface area contributed by atoms with E-state index in [2.05, 4.69) is 31.0 Å². The van der Waals surface area contributed by atoms with Crippen molar-refractivity contribution < 1.29 is 14.0 Å². The van der Waals surface area contributed by atoms with Gasteiger partial charge in [-0.15, -0.1) is 5.10 Å². The van der Waals surface area contributed by atoms with Crippen LogP contribution in [0, 0.1) is 23.7 Å². The average Bonchev–Trinajstić information content (AvgIpc) is 3.80. The molecule has 0 spiro atoms. The molecule has 2 aliphatic rings. The third kappa shape index (κ3) is 5.18. The predicted molar refractivity (Wildman–Crippen MR) is 132 cm³/mol. The number of nitrogens with one attached hydrogen (secondary N) is 3. The van der Waals surface area contributed by atoms with E-state index in [0.717, 1.165) is 25.7 Å². The van der Waals surface area contributed by atoms with Gasteiger partial charge in [0, 0.05) is 24.0 Å². The van der Waals surface area contributed by atoms with Crippen LogP contribution in [0.15, 0.2) is 35.5 Å². The Labute approximate surface area is 212 Å². The Morgan fingerprint density at radius 2 is 1.81 bits per heavy atom. The molecule has 0 unspecified atom stereocenters. The van der Waals surface area contributed by atoms with Crippen molar-refractivity contribution >= 4 is 17.5 Å². The number of carbonyl (C=O) groups excluding carboxylic acids is 2. The molecule has 3 aromatic rings. The zero-order valence-corrected chi connectivity index (χ0v) is 21.0. The van der Waals surface area contributed by atoms with Crippen molar-refractivity contribution in [2.24, 2.45) is 17.8 Å². The van der Waals surface area contributed by atoms with E-state index in [9.17, 15) is 18.8 Å². The quantitative estimate of drug-likeness (QED) is 0.383. The number of halogens is 1. The van der Waals surface area contributed by atoms with Gasteiger partial charge < -0.3 is 10.6 Å². The second kappa shape index (κ2) is 9.91. The number of rotatable bonds is 10. The van der Waals surface area contributed by atoms with Gasteiger partial charge in [-0.05, 0) is 76.3 Å². The molecule has 2 atom stereocenters. The fourth-order valence-corrected chi connectivity index (χ4v) is 5.04. The molecule has 3 aromatic heterocycles. The SMILES string of the molecule is CC(C)n1nccc1C(=O)N[C@H](C(=O)Nc1cn([C@H](C)c2ccn[nH]c2=O)nc1F)C(C1CC1)C1CC1. The zero-order chi connectivity index (χ0) is 26.3. The molecule has 0 saturated heterocycles. The summed E-state index contributed by atoms with van der Waals surface area (Å²) in [6.45, 7) is 5.54. The third-order valence-corrected chi connectivity index (χ3v) is 7.23. The van der Waals surface area contributed by atoms with Crippen molar-refractivity contribution in [3.8, 4) is 0 Å². The molecule has 37 heavy (non-hydrogen) atoms. The molecule has 3 N–H and O–H groups in total. The van der Waals surface area contributed by atoms with E-state index in [1.807, 2.05) is 13.8 Å². The molecule has 2 aliphatic carbocycles. The number of aromatic amines is 1. The van der Waals surface area contributed by atoms with Crippen LogP contribution in [0.4, 0.5) is 10.1 Å². The van der Waals surface area contributed by atoms with Gasteiger partial charge in [0.15, 0.2) is 0 Å². The number of aromatic nitrogens is 6. The standard InChI is InChI=1S/C25H31FN8O3/c1-13(2)34-19(9-11-28-34)24(36)30-21(20(15-4-5-15)16-6-7-16)25(37)29-18-12-33(32-22(18)26)14(3)17-8-10-27-31-23(17)35/h8-16,20-21H,4-7H2,1-3H3,(H,29,37)(H,30,36)(H,31,35)/t14-,21+/m1/s1. The Hall–Kier alpha value is -3.83. The summed E-state index contributed by atoms with van der Waals surface area (Å²) in [5.41, 5.74) is 0.203. The lowest BCUT2D eigenvalue weighted by atomic mass is 9.88. The van der Waals surface area contributed by atoms with E-state index >= 15 is 0 Å². The van der Waals surface area contributed by atoms with Gasteiger partial charge in [0.2, 0.25) is 5.91 Å². The Morgan fingerprint density at radius 1 is 1.11 bits per heavy atom. The molecule has 196 valence electrons. The Bertz CT molecular complexity index is 1340.